The van der Waals surface area contributed by atoms with E-state index >= 15 is 0 Å². The first kappa shape index (κ1) is 19.3. The number of ether oxygens (including phenoxy) is 1. The second kappa shape index (κ2) is 8.50. The van der Waals surface area contributed by atoms with Gasteiger partial charge in [0.2, 0.25) is 0 Å². The highest BCUT2D eigenvalue weighted by molar-refractivity contribution is 7.71. The molecule has 0 aliphatic rings. The topological polar surface area (TPSA) is 35.2 Å². The van der Waals surface area contributed by atoms with Gasteiger partial charge in [0.05, 0.1) is 19.3 Å². The van der Waals surface area contributed by atoms with Crippen molar-refractivity contribution in [3.63, 3.8) is 0 Å². The van der Waals surface area contributed by atoms with Crippen LogP contribution in [0.25, 0.3) is 11.4 Å². The van der Waals surface area contributed by atoms with Crippen molar-refractivity contribution < 1.29 is 4.74 Å². The van der Waals surface area contributed by atoms with E-state index in [9.17, 15) is 0 Å². The lowest BCUT2D eigenvalue weighted by Crippen LogP contribution is -2.26. The smallest absolute Gasteiger partial charge is 0.199 e. The number of aryl methyl sites for hydroxylation is 1. The minimum Gasteiger partial charge on any atom is -0.496 e. The molecular weight excluding hydrogens is 356 g/mol. The van der Waals surface area contributed by atoms with Gasteiger partial charge in [-0.1, -0.05) is 48.9 Å². The number of hydrogen-bond acceptors (Lipinski definition) is 4. The molecule has 142 valence electrons. The maximum Gasteiger partial charge on any atom is 0.199 e. The van der Waals surface area contributed by atoms with Crippen LogP contribution in [0.3, 0.4) is 0 Å². The fraction of sp³-hybridized carbons (Fsp3) is 0.333. The Hall–Kier alpha value is -2.44. The molecular formula is C21H26N4OS. The van der Waals surface area contributed by atoms with Crippen molar-refractivity contribution in [2.24, 2.45) is 7.05 Å². The minimum absolute atomic E-state index is 0.645. The van der Waals surface area contributed by atoms with Crippen LogP contribution in [-0.2, 0) is 20.3 Å². The summed E-state index contributed by atoms with van der Waals surface area (Å²) in [5.41, 5.74) is 3.51. The van der Waals surface area contributed by atoms with Gasteiger partial charge in [-0.15, -0.1) is 0 Å². The van der Waals surface area contributed by atoms with E-state index in [4.69, 9.17) is 22.1 Å². The molecule has 27 heavy (non-hydrogen) atoms. The maximum atomic E-state index is 5.64. The van der Waals surface area contributed by atoms with Crippen molar-refractivity contribution in [3.8, 4) is 17.1 Å². The molecule has 0 bridgehead atoms. The number of para-hydroxylation sites is 1. The molecule has 0 saturated carbocycles. The average Bonchev–Trinajstić information content (AvgIpc) is 2.95. The summed E-state index contributed by atoms with van der Waals surface area (Å²) < 4.78 is 10.0. The Morgan fingerprint density at radius 2 is 1.93 bits per heavy atom. The van der Waals surface area contributed by atoms with E-state index in [1.54, 1.807) is 7.11 Å². The quantitative estimate of drug-likeness (QED) is 0.567. The fourth-order valence-corrected chi connectivity index (χ4v) is 3.35. The number of benzene rings is 2. The monoisotopic (exact) mass is 382 g/mol. The highest BCUT2D eigenvalue weighted by atomic mass is 32.1. The summed E-state index contributed by atoms with van der Waals surface area (Å²) in [4.78, 5) is 2.32. The van der Waals surface area contributed by atoms with Crippen LogP contribution in [0.4, 0.5) is 0 Å². The largest absolute Gasteiger partial charge is 0.496 e. The van der Waals surface area contributed by atoms with Crippen molar-refractivity contribution in [3.05, 3.63) is 64.4 Å². The fourth-order valence-electron chi connectivity index (χ4n) is 3.16. The molecule has 0 atom stereocenters. The van der Waals surface area contributed by atoms with Gasteiger partial charge < -0.3 is 9.30 Å². The van der Waals surface area contributed by atoms with Gasteiger partial charge in [-0.05, 0) is 43.4 Å². The molecule has 6 heteroatoms. The zero-order valence-electron chi connectivity index (χ0n) is 16.3. The van der Waals surface area contributed by atoms with E-state index in [0.717, 1.165) is 30.2 Å². The van der Waals surface area contributed by atoms with Gasteiger partial charge in [-0.25, -0.2) is 4.68 Å². The zero-order chi connectivity index (χ0) is 19.4. The molecule has 0 saturated heterocycles. The van der Waals surface area contributed by atoms with Gasteiger partial charge >= 0.3 is 0 Å². The van der Waals surface area contributed by atoms with E-state index in [0.29, 0.717) is 11.4 Å². The first-order chi connectivity index (χ1) is 13.0. The lowest BCUT2D eigenvalue weighted by atomic mass is 10.1. The Kier molecular flexibility index (Phi) is 6.08. The highest BCUT2D eigenvalue weighted by Crippen LogP contribution is 2.28. The van der Waals surface area contributed by atoms with Crippen LogP contribution in [0.15, 0.2) is 48.5 Å². The molecule has 0 aliphatic carbocycles. The SMILES string of the molecule is CCN(Cc1cccc(C)c1)Cn1nc(-c2ccccc2OC)n(C)c1=S. The summed E-state index contributed by atoms with van der Waals surface area (Å²) >= 11 is 5.64. The Bertz CT molecular complexity index is 976. The molecule has 0 aliphatic heterocycles. The second-order valence-corrected chi connectivity index (χ2v) is 7.01. The van der Waals surface area contributed by atoms with Crippen LogP contribution in [0.2, 0.25) is 0 Å². The summed E-state index contributed by atoms with van der Waals surface area (Å²) in [5, 5.41) is 4.79. The molecule has 1 aromatic heterocycles. The van der Waals surface area contributed by atoms with Crippen molar-refractivity contribution in [2.45, 2.75) is 27.1 Å². The standard InChI is InChI=1S/C21H26N4OS/c1-5-24(14-17-10-8-9-16(2)13-17)15-25-21(27)23(3)20(22-25)18-11-6-7-12-19(18)26-4/h6-13H,5,14-15H2,1-4H3. The Balaban J connectivity index is 1.88. The zero-order valence-corrected chi connectivity index (χ0v) is 17.2. The van der Waals surface area contributed by atoms with E-state index in [2.05, 4.69) is 43.0 Å². The number of methoxy groups -OCH3 is 1. The predicted octanol–water partition coefficient (Wildman–Crippen LogP) is 4.41. The van der Waals surface area contributed by atoms with Gasteiger partial charge in [0, 0.05) is 13.6 Å². The van der Waals surface area contributed by atoms with E-state index in [1.165, 1.54) is 11.1 Å². The molecule has 3 aromatic rings. The number of aromatic nitrogens is 3. The van der Waals surface area contributed by atoms with Gasteiger partial charge in [0.15, 0.2) is 10.6 Å². The van der Waals surface area contributed by atoms with Gasteiger partial charge in [0.25, 0.3) is 0 Å². The Labute approximate surface area is 165 Å². The predicted molar refractivity (Wildman–Crippen MR) is 111 cm³/mol. The molecule has 0 fully saturated rings. The maximum absolute atomic E-state index is 5.64. The van der Waals surface area contributed by atoms with E-state index in [-0.39, 0.29) is 0 Å². The van der Waals surface area contributed by atoms with E-state index in [1.807, 2.05) is 40.6 Å². The number of hydrogen-bond donors (Lipinski definition) is 0. The molecule has 5 nitrogen and oxygen atoms in total. The molecule has 2 aromatic carbocycles. The molecule has 0 spiro atoms. The summed E-state index contributed by atoms with van der Waals surface area (Å²) in [7, 11) is 3.62. The van der Waals surface area contributed by atoms with Gasteiger partial charge in [0.1, 0.15) is 5.75 Å². The molecule has 1 heterocycles. The normalized spacial score (nSPS) is 11.1. The van der Waals surface area contributed by atoms with Crippen LogP contribution in [-0.4, -0.2) is 32.9 Å². The van der Waals surface area contributed by atoms with Crippen LogP contribution >= 0.6 is 12.2 Å². The van der Waals surface area contributed by atoms with Gasteiger partial charge in [-0.2, -0.15) is 5.10 Å². The lowest BCUT2D eigenvalue weighted by Gasteiger charge is -2.20. The van der Waals surface area contributed by atoms with E-state index < -0.39 is 0 Å². The van der Waals surface area contributed by atoms with Gasteiger partial charge in [-0.3, -0.25) is 4.90 Å². The first-order valence-corrected chi connectivity index (χ1v) is 9.49. The summed E-state index contributed by atoms with van der Waals surface area (Å²) in [5.74, 6) is 1.60. The van der Waals surface area contributed by atoms with Crippen LogP contribution < -0.4 is 4.74 Å². The molecule has 0 radical (unpaired) electrons. The number of rotatable bonds is 7. The third-order valence-electron chi connectivity index (χ3n) is 4.66. The molecule has 0 amide bonds. The van der Waals surface area contributed by atoms with Crippen molar-refractivity contribution in [1.29, 1.82) is 0 Å². The number of nitrogens with zero attached hydrogens (tertiary/aromatic N) is 4. The van der Waals surface area contributed by atoms with Crippen molar-refractivity contribution in [1.82, 2.24) is 19.2 Å². The van der Waals surface area contributed by atoms with Crippen LogP contribution in [0, 0.1) is 11.7 Å². The average molecular weight is 383 g/mol. The Morgan fingerprint density at radius 3 is 2.63 bits per heavy atom. The lowest BCUT2D eigenvalue weighted by molar-refractivity contribution is 0.207. The third-order valence-corrected chi connectivity index (χ3v) is 5.14. The summed E-state index contributed by atoms with van der Waals surface area (Å²) in [6.07, 6.45) is 0. The highest BCUT2D eigenvalue weighted by Gasteiger charge is 2.15. The Morgan fingerprint density at radius 1 is 1.15 bits per heavy atom. The van der Waals surface area contributed by atoms with Crippen LogP contribution in [0.1, 0.15) is 18.1 Å². The second-order valence-electron chi connectivity index (χ2n) is 6.64. The first-order valence-electron chi connectivity index (χ1n) is 9.08. The van der Waals surface area contributed by atoms with Crippen molar-refractivity contribution in [2.75, 3.05) is 13.7 Å². The minimum atomic E-state index is 0.645. The summed E-state index contributed by atoms with van der Waals surface area (Å²) in [6.45, 7) is 6.70. The van der Waals surface area contributed by atoms with Crippen LogP contribution in [0.5, 0.6) is 5.75 Å². The molecule has 3 rings (SSSR count). The molecule has 0 N–H and O–H groups in total. The molecule has 0 unspecified atom stereocenters. The summed E-state index contributed by atoms with van der Waals surface area (Å²) in [6, 6.07) is 16.5. The third kappa shape index (κ3) is 4.28. The van der Waals surface area contributed by atoms with Crippen molar-refractivity contribution >= 4 is 12.2 Å².